The number of alkyl halides is 1. The summed E-state index contributed by atoms with van der Waals surface area (Å²) in [4.78, 5) is 0. The SMILES string of the molecule is CCc1nn(CC)c(CC(CBr)c2cccc(F)c2)c1Cl. The van der Waals surface area contributed by atoms with Gasteiger partial charge in [-0.2, -0.15) is 5.10 Å². The van der Waals surface area contributed by atoms with E-state index in [1.165, 1.54) is 6.07 Å². The van der Waals surface area contributed by atoms with Crippen molar-refractivity contribution in [1.29, 1.82) is 0 Å². The number of aromatic nitrogens is 2. The van der Waals surface area contributed by atoms with E-state index in [1.54, 1.807) is 12.1 Å². The van der Waals surface area contributed by atoms with Crippen LogP contribution in [0.1, 0.15) is 36.7 Å². The van der Waals surface area contributed by atoms with Crippen LogP contribution in [0.5, 0.6) is 0 Å². The van der Waals surface area contributed by atoms with Crippen LogP contribution in [-0.4, -0.2) is 15.1 Å². The van der Waals surface area contributed by atoms with Gasteiger partial charge in [0.15, 0.2) is 0 Å². The van der Waals surface area contributed by atoms with Gasteiger partial charge >= 0.3 is 0 Å². The van der Waals surface area contributed by atoms with Gasteiger partial charge in [-0.15, -0.1) is 0 Å². The minimum Gasteiger partial charge on any atom is -0.268 e. The van der Waals surface area contributed by atoms with E-state index in [1.807, 2.05) is 17.7 Å². The lowest BCUT2D eigenvalue weighted by atomic mass is 9.96. The molecule has 0 aliphatic carbocycles. The molecule has 1 heterocycles. The van der Waals surface area contributed by atoms with Gasteiger partial charge in [-0.1, -0.05) is 46.6 Å². The molecule has 0 radical (unpaired) electrons. The van der Waals surface area contributed by atoms with E-state index in [2.05, 4.69) is 28.0 Å². The Kier molecular flexibility index (Phi) is 5.82. The van der Waals surface area contributed by atoms with Gasteiger partial charge in [-0.3, -0.25) is 4.68 Å². The smallest absolute Gasteiger partial charge is 0.123 e. The van der Waals surface area contributed by atoms with Crippen LogP contribution in [0.4, 0.5) is 4.39 Å². The Bertz CT molecular complexity index is 612. The zero-order valence-corrected chi connectivity index (χ0v) is 14.6. The standard InChI is InChI=1S/C16H19BrClFN2/c1-3-14-16(18)15(21(4-2)20-14)9-12(10-17)11-6-5-7-13(19)8-11/h5-8,12H,3-4,9-10H2,1-2H3. The van der Waals surface area contributed by atoms with Crippen molar-refractivity contribution in [3.63, 3.8) is 0 Å². The van der Waals surface area contributed by atoms with Crippen molar-refractivity contribution in [3.8, 4) is 0 Å². The molecule has 0 aliphatic heterocycles. The van der Waals surface area contributed by atoms with Gasteiger partial charge in [0.25, 0.3) is 0 Å². The summed E-state index contributed by atoms with van der Waals surface area (Å²) in [6.45, 7) is 4.89. The molecule has 2 rings (SSSR count). The van der Waals surface area contributed by atoms with E-state index < -0.39 is 0 Å². The average molecular weight is 374 g/mol. The summed E-state index contributed by atoms with van der Waals surface area (Å²) in [6, 6.07) is 6.76. The minimum atomic E-state index is -0.206. The predicted octanol–water partition coefficient (Wildman–Crippen LogP) is 4.98. The monoisotopic (exact) mass is 372 g/mol. The van der Waals surface area contributed by atoms with Crippen molar-refractivity contribution in [2.24, 2.45) is 0 Å². The minimum absolute atomic E-state index is 0.171. The summed E-state index contributed by atoms with van der Waals surface area (Å²) >= 11 is 9.99. The fraction of sp³-hybridized carbons (Fsp3) is 0.438. The Morgan fingerprint density at radius 3 is 2.71 bits per heavy atom. The third kappa shape index (κ3) is 3.67. The molecule has 0 saturated carbocycles. The molecule has 1 aromatic heterocycles. The van der Waals surface area contributed by atoms with E-state index in [0.29, 0.717) is 0 Å². The molecule has 1 atom stereocenters. The maximum atomic E-state index is 13.4. The van der Waals surface area contributed by atoms with Crippen LogP contribution in [0.2, 0.25) is 5.02 Å². The number of benzene rings is 1. The van der Waals surface area contributed by atoms with Gasteiger partial charge < -0.3 is 0 Å². The molecular weight excluding hydrogens is 355 g/mol. The molecular formula is C16H19BrClFN2. The molecule has 114 valence electrons. The molecule has 21 heavy (non-hydrogen) atoms. The van der Waals surface area contributed by atoms with Crippen molar-refractivity contribution in [1.82, 2.24) is 9.78 Å². The molecule has 2 aromatic rings. The van der Waals surface area contributed by atoms with Crippen molar-refractivity contribution in [2.45, 2.75) is 39.2 Å². The Balaban J connectivity index is 2.32. The first kappa shape index (κ1) is 16.5. The van der Waals surface area contributed by atoms with Gasteiger partial charge in [-0.25, -0.2) is 4.39 Å². The first-order valence-electron chi connectivity index (χ1n) is 7.16. The number of hydrogen-bond donors (Lipinski definition) is 0. The molecule has 0 fully saturated rings. The molecule has 0 amide bonds. The number of hydrogen-bond acceptors (Lipinski definition) is 1. The molecule has 0 bridgehead atoms. The van der Waals surface area contributed by atoms with E-state index in [-0.39, 0.29) is 11.7 Å². The highest BCUT2D eigenvalue weighted by Crippen LogP contribution is 2.29. The molecule has 0 spiro atoms. The molecule has 0 N–H and O–H groups in total. The average Bonchev–Trinajstić information content (AvgIpc) is 2.80. The van der Waals surface area contributed by atoms with Crippen LogP contribution >= 0.6 is 27.5 Å². The van der Waals surface area contributed by atoms with E-state index in [0.717, 1.165) is 46.7 Å². The Morgan fingerprint density at radius 2 is 2.14 bits per heavy atom. The van der Waals surface area contributed by atoms with Crippen molar-refractivity contribution in [3.05, 3.63) is 52.1 Å². The molecule has 5 heteroatoms. The maximum absolute atomic E-state index is 13.4. The second-order valence-corrected chi connectivity index (χ2v) is 6.01. The van der Waals surface area contributed by atoms with E-state index in [9.17, 15) is 4.39 Å². The fourth-order valence-corrected chi connectivity index (χ4v) is 3.42. The zero-order valence-electron chi connectivity index (χ0n) is 12.2. The van der Waals surface area contributed by atoms with Crippen LogP contribution in [-0.2, 0) is 19.4 Å². The third-order valence-electron chi connectivity index (χ3n) is 3.64. The summed E-state index contributed by atoms with van der Waals surface area (Å²) in [7, 11) is 0. The van der Waals surface area contributed by atoms with Crippen LogP contribution in [0.15, 0.2) is 24.3 Å². The normalized spacial score (nSPS) is 12.6. The summed E-state index contributed by atoms with van der Waals surface area (Å²) in [5.41, 5.74) is 2.94. The van der Waals surface area contributed by atoms with Gasteiger partial charge in [0.1, 0.15) is 5.82 Å². The molecule has 0 saturated heterocycles. The highest BCUT2D eigenvalue weighted by Gasteiger charge is 2.19. The topological polar surface area (TPSA) is 17.8 Å². The van der Waals surface area contributed by atoms with Crippen LogP contribution in [0.25, 0.3) is 0 Å². The van der Waals surface area contributed by atoms with Crippen LogP contribution in [0.3, 0.4) is 0 Å². The quantitative estimate of drug-likeness (QED) is 0.653. The van der Waals surface area contributed by atoms with Gasteiger partial charge in [0, 0.05) is 11.9 Å². The van der Waals surface area contributed by atoms with Gasteiger partial charge in [-0.05, 0) is 43.4 Å². The largest absolute Gasteiger partial charge is 0.268 e. The van der Waals surface area contributed by atoms with Crippen LogP contribution in [0, 0.1) is 5.82 Å². The lowest BCUT2D eigenvalue weighted by Gasteiger charge is -2.16. The third-order valence-corrected chi connectivity index (χ3v) is 4.86. The highest BCUT2D eigenvalue weighted by atomic mass is 79.9. The summed E-state index contributed by atoms with van der Waals surface area (Å²) in [6.07, 6.45) is 1.56. The zero-order chi connectivity index (χ0) is 15.4. The van der Waals surface area contributed by atoms with Gasteiger partial charge in [0.05, 0.1) is 16.4 Å². The Labute approximate surface area is 138 Å². The van der Waals surface area contributed by atoms with Crippen molar-refractivity contribution >= 4 is 27.5 Å². The first-order chi connectivity index (χ1) is 10.1. The number of nitrogens with zero attached hydrogens (tertiary/aromatic N) is 2. The summed E-state index contributed by atoms with van der Waals surface area (Å²) in [5.74, 6) is -0.0345. The predicted molar refractivity (Wildman–Crippen MR) is 88.9 cm³/mol. The second-order valence-electron chi connectivity index (χ2n) is 4.99. The number of halogens is 3. The second kappa shape index (κ2) is 7.41. The molecule has 1 aromatic carbocycles. The number of rotatable bonds is 6. The highest BCUT2D eigenvalue weighted by molar-refractivity contribution is 9.09. The molecule has 1 unspecified atom stereocenters. The van der Waals surface area contributed by atoms with Crippen molar-refractivity contribution < 1.29 is 4.39 Å². The first-order valence-corrected chi connectivity index (χ1v) is 8.66. The fourth-order valence-electron chi connectivity index (χ4n) is 2.47. The Morgan fingerprint density at radius 1 is 1.38 bits per heavy atom. The molecule has 2 nitrogen and oxygen atoms in total. The van der Waals surface area contributed by atoms with Crippen molar-refractivity contribution in [2.75, 3.05) is 5.33 Å². The Hall–Kier alpha value is -0.870. The molecule has 0 aliphatic rings. The summed E-state index contributed by atoms with van der Waals surface area (Å²) in [5, 5.41) is 6.05. The van der Waals surface area contributed by atoms with E-state index in [4.69, 9.17) is 11.6 Å². The van der Waals surface area contributed by atoms with Crippen LogP contribution < -0.4 is 0 Å². The lowest BCUT2D eigenvalue weighted by molar-refractivity contribution is 0.590. The lowest BCUT2D eigenvalue weighted by Crippen LogP contribution is -2.10. The number of aryl methyl sites for hydroxylation is 2. The maximum Gasteiger partial charge on any atom is 0.123 e. The summed E-state index contributed by atoms with van der Waals surface area (Å²) < 4.78 is 15.4. The van der Waals surface area contributed by atoms with Gasteiger partial charge in [0.2, 0.25) is 0 Å². The van der Waals surface area contributed by atoms with E-state index >= 15 is 0 Å².